The molecular weight excluding hydrogens is 298 g/mol. The summed E-state index contributed by atoms with van der Waals surface area (Å²) in [7, 11) is 0. The Kier molecular flexibility index (Phi) is 5.44. The highest BCUT2D eigenvalue weighted by molar-refractivity contribution is 5.91. The van der Waals surface area contributed by atoms with E-state index in [0.717, 1.165) is 11.3 Å². The van der Waals surface area contributed by atoms with Crippen molar-refractivity contribution in [3.05, 3.63) is 23.8 Å². The highest BCUT2D eigenvalue weighted by Gasteiger charge is 2.27. The number of hydrogen-bond donors (Lipinski definition) is 2. The number of nitrogens with one attached hydrogen (secondary N) is 1. The summed E-state index contributed by atoms with van der Waals surface area (Å²) in [4.78, 5) is 25.0. The number of rotatable bonds is 4. The lowest BCUT2D eigenvalue weighted by Gasteiger charge is -2.31. The number of ether oxygens (including phenoxy) is 2. The van der Waals surface area contributed by atoms with E-state index >= 15 is 0 Å². The third-order valence-electron chi connectivity index (χ3n) is 3.48. The number of nitrogens with zero attached hydrogens (tertiary/aromatic N) is 1. The second-order valence-electron chi connectivity index (χ2n) is 5.78. The summed E-state index contributed by atoms with van der Waals surface area (Å²) < 4.78 is 10.9. The highest BCUT2D eigenvalue weighted by Crippen LogP contribution is 2.22. The second-order valence-corrected chi connectivity index (χ2v) is 5.78. The molecule has 3 N–H and O–H groups in total. The molecule has 2 rings (SSSR count). The molecule has 1 saturated heterocycles. The Morgan fingerprint density at radius 2 is 2.17 bits per heavy atom. The number of hydrogen-bond acceptors (Lipinski definition) is 4. The molecule has 3 amide bonds. The summed E-state index contributed by atoms with van der Waals surface area (Å²) in [6.45, 7) is 6.69. The van der Waals surface area contributed by atoms with Crippen LogP contribution in [-0.2, 0) is 9.53 Å². The molecule has 7 nitrogen and oxygen atoms in total. The van der Waals surface area contributed by atoms with E-state index in [1.54, 1.807) is 6.07 Å². The summed E-state index contributed by atoms with van der Waals surface area (Å²) in [6.07, 6.45) is -0.661. The molecule has 0 saturated carbocycles. The molecule has 0 radical (unpaired) electrons. The first kappa shape index (κ1) is 17.1. The maximum Gasteiger partial charge on any atom is 0.322 e. The van der Waals surface area contributed by atoms with E-state index in [0.29, 0.717) is 18.8 Å². The van der Waals surface area contributed by atoms with Crippen molar-refractivity contribution in [2.24, 2.45) is 5.73 Å². The van der Waals surface area contributed by atoms with Gasteiger partial charge in [-0.25, -0.2) is 4.79 Å². The van der Waals surface area contributed by atoms with E-state index in [9.17, 15) is 9.59 Å². The molecule has 7 heteroatoms. The van der Waals surface area contributed by atoms with E-state index in [1.165, 1.54) is 4.90 Å². The minimum Gasteiger partial charge on any atom is -0.491 e. The number of carbonyl (C=O) groups excluding carboxylic acids is 2. The fourth-order valence-corrected chi connectivity index (χ4v) is 2.32. The lowest BCUT2D eigenvalue weighted by Crippen LogP contribution is -2.51. The number of primary amides is 1. The van der Waals surface area contributed by atoms with Crippen molar-refractivity contribution in [3.63, 3.8) is 0 Å². The van der Waals surface area contributed by atoms with Gasteiger partial charge in [0.15, 0.2) is 6.10 Å². The summed E-state index contributed by atoms with van der Waals surface area (Å²) in [5.74, 6) is 0.199. The Morgan fingerprint density at radius 1 is 1.43 bits per heavy atom. The van der Waals surface area contributed by atoms with Crippen LogP contribution in [0.2, 0.25) is 0 Å². The average molecular weight is 321 g/mol. The number of benzene rings is 1. The molecule has 1 aromatic rings. The molecule has 1 heterocycles. The van der Waals surface area contributed by atoms with E-state index < -0.39 is 12.0 Å². The highest BCUT2D eigenvalue weighted by atomic mass is 16.5. The van der Waals surface area contributed by atoms with Crippen LogP contribution in [0.15, 0.2) is 18.2 Å². The zero-order valence-electron chi connectivity index (χ0n) is 13.7. The van der Waals surface area contributed by atoms with E-state index in [4.69, 9.17) is 15.2 Å². The van der Waals surface area contributed by atoms with Gasteiger partial charge in [0.05, 0.1) is 19.3 Å². The Morgan fingerprint density at radius 3 is 2.78 bits per heavy atom. The van der Waals surface area contributed by atoms with Crippen molar-refractivity contribution in [1.82, 2.24) is 4.90 Å². The summed E-state index contributed by atoms with van der Waals surface area (Å²) in [6, 6.07) is 5.21. The molecule has 0 bridgehead atoms. The van der Waals surface area contributed by atoms with E-state index in [-0.39, 0.29) is 18.7 Å². The van der Waals surface area contributed by atoms with Crippen LogP contribution < -0.4 is 15.8 Å². The van der Waals surface area contributed by atoms with Gasteiger partial charge in [-0.3, -0.25) is 4.79 Å². The van der Waals surface area contributed by atoms with Gasteiger partial charge < -0.3 is 25.4 Å². The predicted octanol–water partition coefficient (Wildman–Crippen LogP) is 1.50. The molecular formula is C16H23N3O4. The largest absolute Gasteiger partial charge is 0.491 e. The SMILES string of the molecule is Cc1cc(OC(C)C)ccc1NC(=O)N1CCO[C@@H](C(N)=O)C1. The van der Waals surface area contributed by atoms with Gasteiger partial charge in [0.25, 0.3) is 0 Å². The molecule has 1 aromatic carbocycles. The molecule has 0 aliphatic carbocycles. The Hall–Kier alpha value is -2.28. The van der Waals surface area contributed by atoms with Crippen LogP contribution in [0.4, 0.5) is 10.5 Å². The normalized spacial score (nSPS) is 17.9. The predicted molar refractivity (Wildman–Crippen MR) is 86.5 cm³/mol. The van der Waals surface area contributed by atoms with Gasteiger partial charge >= 0.3 is 6.03 Å². The van der Waals surface area contributed by atoms with Crippen molar-refractivity contribution in [2.45, 2.75) is 33.0 Å². The van der Waals surface area contributed by atoms with Gasteiger partial charge in [0, 0.05) is 12.2 Å². The number of aryl methyl sites for hydroxylation is 1. The zero-order chi connectivity index (χ0) is 17.0. The minimum atomic E-state index is -0.752. The number of carbonyl (C=O) groups is 2. The van der Waals surface area contributed by atoms with Gasteiger partial charge in [-0.1, -0.05) is 0 Å². The number of amides is 3. The number of nitrogens with two attached hydrogens (primary N) is 1. The molecule has 0 aromatic heterocycles. The minimum absolute atomic E-state index is 0.0916. The first-order chi connectivity index (χ1) is 10.9. The smallest absolute Gasteiger partial charge is 0.322 e. The molecule has 126 valence electrons. The molecule has 0 unspecified atom stereocenters. The van der Waals surface area contributed by atoms with Crippen molar-refractivity contribution in [2.75, 3.05) is 25.0 Å². The molecule has 23 heavy (non-hydrogen) atoms. The Balaban J connectivity index is 2.01. The van der Waals surface area contributed by atoms with Crippen molar-refractivity contribution < 1.29 is 19.1 Å². The summed E-state index contributed by atoms with van der Waals surface area (Å²) in [5, 5.41) is 2.84. The van der Waals surface area contributed by atoms with Gasteiger partial charge in [-0.05, 0) is 44.5 Å². The maximum atomic E-state index is 12.3. The fourth-order valence-electron chi connectivity index (χ4n) is 2.32. The lowest BCUT2D eigenvalue weighted by molar-refractivity contribution is -0.133. The first-order valence-electron chi connectivity index (χ1n) is 7.61. The lowest BCUT2D eigenvalue weighted by atomic mass is 10.2. The maximum absolute atomic E-state index is 12.3. The molecule has 1 atom stereocenters. The van der Waals surface area contributed by atoms with Crippen molar-refractivity contribution in [3.8, 4) is 5.75 Å². The molecule has 1 aliphatic heterocycles. The van der Waals surface area contributed by atoms with Crippen LogP contribution >= 0.6 is 0 Å². The van der Waals surface area contributed by atoms with Gasteiger partial charge in [-0.2, -0.15) is 0 Å². The van der Waals surface area contributed by atoms with Gasteiger partial charge in [0.1, 0.15) is 5.75 Å². The van der Waals surface area contributed by atoms with Crippen LogP contribution in [-0.4, -0.2) is 48.7 Å². The molecule has 1 aliphatic rings. The average Bonchev–Trinajstić information content (AvgIpc) is 2.49. The Labute approximate surface area is 135 Å². The van der Waals surface area contributed by atoms with Gasteiger partial charge in [0.2, 0.25) is 5.91 Å². The third kappa shape index (κ3) is 4.59. The second kappa shape index (κ2) is 7.32. The zero-order valence-corrected chi connectivity index (χ0v) is 13.7. The molecule has 0 spiro atoms. The van der Waals surface area contributed by atoms with Crippen LogP contribution in [0.5, 0.6) is 5.75 Å². The van der Waals surface area contributed by atoms with Crippen LogP contribution in [0.25, 0.3) is 0 Å². The topological polar surface area (TPSA) is 93.9 Å². The summed E-state index contributed by atoms with van der Waals surface area (Å²) >= 11 is 0. The molecule has 1 fully saturated rings. The van der Waals surface area contributed by atoms with Gasteiger partial charge in [-0.15, -0.1) is 0 Å². The van der Waals surface area contributed by atoms with Crippen molar-refractivity contribution in [1.29, 1.82) is 0 Å². The van der Waals surface area contributed by atoms with E-state index in [2.05, 4.69) is 5.32 Å². The summed E-state index contributed by atoms with van der Waals surface area (Å²) in [5.41, 5.74) is 6.83. The van der Waals surface area contributed by atoms with Crippen LogP contribution in [0.1, 0.15) is 19.4 Å². The van der Waals surface area contributed by atoms with Crippen molar-refractivity contribution >= 4 is 17.6 Å². The fraction of sp³-hybridized carbons (Fsp3) is 0.500. The quantitative estimate of drug-likeness (QED) is 0.879. The first-order valence-corrected chi connectivity index (χ1v) is 7.61. The standard InChI is InChI=1S/C16H23N3O4/c1-10(2)23-12-4-5-13(11(3)8-12)18-16(21)19-6-7-22-14(9-19)15(17)20/h4-5,8,10,14H,6-7,9H2,1-3H3,(H2,17,20)(H,18,21)/t14-/m1/s1. The Bertz CT molecular complexity index is 589. The number of urea groups is 1. The van der Waals surface area contributed by atoms with Crippen LogP contribution in [0.3, 0.4) is 0 Å². The van der Waals surface area contributed by atoms with E-state index in [1.807, 2.05) is 32.9 Å². The third-order valence-corrected chi connectivity index (χ3v) is 3.48. The number of anilines is 1. The number of morpholine rings is 1. The van der Waals surface area contributed by atoms with Crippen LogP contribution in [0, 0.1) is 6.92 Å². The monoisotopic (exact) mass is 321 g/mol.